The highest BCUT2D eigenvalue weighted by atomic mass is 79.9. The van der Waals surface area contributed by atoms with Gasteiger partial charge in [-0.3, -0.25) is 0 Å². The van der Waals surface area contributed by atoms with Crippen LogP contribution in [0.25, 0.3) is 11.2 Å². The van der Waals surface area contributed by atoms with Crippen LogP contribution in [0.2, 0.25) is 0 Å². The minimum absolute atomic E-state index is 0.000474. The van der Waals surface area contributed by atoms with Crippen molar-refractivity contribution in [1.82, 2.24) is 25.4 Å². The summed E-state index contributed by atoms with van der Waals surface area (Å²) in [6, 6.07) is 7.76. The average molecular weight is 363 g/mol. The van der Waals surface area contributed by atoms with Gasteiger partial charge in [0.15, 0.2) is 11.3 Å². The van der Waals surface area contributed by atoms with Gasteiger partial charge in [-0.15, -0.1) is 5.10 Å². The Morgan fingerprint density at radius 3 is 2.73 bits per heavy atom. The van der Waals surface area contributed by atoms with Crippen LogP contribution in [-0.4, -0.2) is 38.0 Å². The zero-order valence-corrected chi connectivity index (χ0v) is 13.4. The number of hydrogen-bond donors (Lipinski definition) is 4. The summed E-state index contributed by atoms with van der Waals surface area (Å²) in [6.45, 7) is 2.48. The number of H-pyrrole nitrogens is 1. The molecule has 0 amide bonds. The van der Waals surface area contributed by atoms with Crippen LogP contribution in [0.5, 0.6) is 0 Å². The molecular weight excluding hydrogens is 348 g/mol. The van der Waals surface area contributed by atoms with E-state index >= 15 is 0 Å². The maximum Gasteiger partial charge on any atom is 0.226 e. The maximum absolute atomic E-state index is 5.74. The molecule has 22 heavy (non-hydrogen) atoms. The van der Waals surface area contributed by atoms with E-state index in [9.17, 15) is 0 Å². The lowest BCUT2D eigenvalue weighted by molar-refractivity contribution is 0.774. The van der Waals surface area contributed by atoms with Crippen LogP contribution in [-0.2, 0) is 0 Å². The maximum atomic E-state index is 5.74. The summed E-state index contributed by atoms with van der Waals surface area (Å²) in [6.07, 6.45) is 0. The third-order valence-corrected chi connectivity index (χ3v) is 3.40. The number of halogens is 1. The minimum Gasteiger partial charge on any atom is -0.353 e. The SMILES string of the molecule is CC(N)CNc1nc(Nc2ccc(Br)cc2)c2n[nH]nc2n1. The fraction of sp³-hybridized carbons (Fsp3) is 0.231. The first-order valence-corrected chi connectivity index (χ1v) is 7.51. The first kappa shape index (κ1) is 14.7. The third kappa shape index (κ3) is 3.31. The Hall–Kier alpha value is -2.26. The zero-order chi connectivity index (χ0) is 15.5. The van der Waals surface area contributed by atoms with E-state index in [4.69, 9.17) is 5.73 Å². The van der Waals surface area contributed by atoms with Crippen LogP contribution in [0.15, 0.2) is 28.7 Å². The van der Waals surface area contributed by atoms with Gasteiger partial charge in [-0.05, 0) is 31.2 Å². The molecule has 1 unspecified atom stereocenters. The molecule has 0 aliphatic carbocycles. The quantitative estimate of drug-likeness (QED) is 0.548. The van der Waals surface area contributed by atoms with Crippen molar-refractivity contribution in [3.05, 3.63) is 28.7 Å². The molecule has 3 aromatic rings. The number of anilines is 3. The molecule has 0 radical (unpaired) electrons. The topological polar surface area (TPSA) is 117 Å². The molecule has 2 heterocycles. The molecule has 114 valence electrons. The van der Waals surface area contributed by atoms with E-state index in [-0.39, 0.29) is 6.04 Å². The number of nitrogens with one attached hydrogen (secondary N) is 3. The van der Waals surface area contributed by atoms with Crippen molar-refractivity contribution < 1.29 is 0 Å². The molecule has 1 atom stereocenters. The van der Waals surface area contributed by atoms with E-state index in [0.29, 0.717) is 29.5 Å². The number of nitrogens with zero attached hydrogens (tertiary/aromatic N) is 4. The molecule has 1 aromatic carbocycles. The summed E-state index contributed by atoms with van der Waals surface area (Å²) in [5.74, 6) is 1.03. The highest BCUT2D eigenvalue weighted by Crippen LogP contribution is 2.23. The minimum atomic E-state index is -0.000474. The van der Waals surface area contributed by atoms with E-state index in [1.54, 1.807) is 0 Å². The lowest BCUT2D eigenvalue weighted by Gasteiger charge is -2.10. The normalized spacial score (nSPS) is 12.3. The van der Waals surface area contributed by atoms with Crippen molar-refractivity contribution >= 4 is 44.5 Å². The van der Waals surface area contributed by atoms with E-state index in [1.807, 2.05) is 31.2 Å². The number of aromatic nitrogens is 5. The summed E-state index contributed by atoms with van der Waals surface area (Å²) in [4.78, 5) is 8.73. The second kappa shape index (κ2) is 6.24. The Labute approximate surface area is 135 Å². The second-order valence-electron chi connectivity index (χ2n) is 4.88. The van der Waals surface area contributed by atoms with Crippen molar-refractivity contribution in [3.63, 3.8) is 0 Å². The molecule has 8 nitrogen and oxygen atoms in total. The van der Waals surface area contributed by atoms with E-state index in [2.05, 4.69) is 51.9 Å². The molecule has 0 fully saturated rings. The third-order valence-electron chi connectivity index (χ3n) is 2.87. The number of fused-ring (bicyclic) bond motifs is 1. The van der Waals surface area contributed by atoms with Gasteiger partial charge in [-0.25, -0.2) is 0 Å². The van der Waals surface area contributed by atoms with E-state index in [0.717, 1.165) is 10.2 Å². The van der Waals surface area contributed by atoms with Crippen LogP contribution in [0.3, 0.4) is 0 Å². The van der Waals surface area contributed by atoms with Gasteiger partial charge in [-0.1, -0.05) is 15.9 Å². The predicted molar refractivity (Wildman–Crippen MR) is 89.0 cm³/mol. The summed E-state index contributed by atoms with van der Waals surface area (Å²) >= 11 is 3.41. The van der Waals surface area contributed by atoms with Gasteiger partial charge < -0.3 is 16.4 Å². The molecule has 0 spiro atoms. The standard InChI is InChI=1S/C13H15BrN8/c1-7(15)6-16-13-18-11(10-12(19-13)21-22-20-10)17-9-4-2-8(14)3-5-9/h2-5,7H,6,15H2,1H3,(H3,16,17,18,19,20,21,22). The molecule has 0 bridgehead atoms. The van der Waals surface area contributed by atoms with Crippen molar-refractivity contribution in [2.75, 3.05) is 17.2 Å². The molecule has 2 aromatic heterocycles. The fourth-order valence-corrected chi connectivity index (χ4v) is 2.10. The fourth-order valence-electron chi connectivity index (χ4n) is 1.83. The molecule has 0 aliphatic rings. The average Bonchev–Trinajstić information content (AvgIpc) is 2.96. The smallest absolute Gasteiger partial charge is 0.226 e. The molecule has 0 saturated heterocycles. The molecular formula is C13H15BrN8. The lowest BCUT2D eigenvalue weighted by atomic mass is 10.3. The Bertz CT molecular complexity index is 767. The number of hydrogen-bond acceptors (Lipinski definition) is 7. The lowest BCUT2D eigenvalue weighted by Crippen LogP contribution is -2.26. The van der Waals surface area contributed by atoms with E-state index in [1.165, 1.54) is 0 Å². The van der Waals surface area contributed by atoms with Gasteiger partial charge in [-0.2, -0.15) is 20.3 Å². The first-order valence-electron chi connectivity index (χ1n) is 6.72. The van der Waals surface area contributed by atoms with Crippen LogP contribution in [0.1, 0.15) is 6.92 Å². The van der Waals surface area contributed by atoms with Crippen LogP contribution in [0.4, 0.5) is 17.5 Å². The highest BCUT2D eigenvalue weighted by Gasteiger charge is 2.12. The van der Waals surface area contributed by atoms with Crippen LogP contribution < -0.4 is 16.4 Å². The van der Waals surface area contributed by atoms with Crippen molar-refractivity contribution in [2.24, 2.45) is 5.73 Å². The zero-order valence-electron chi connectivity index (χ0n) is 11.8. The van der Waals surface area contributed by atoms with Crippen LogP contribution >= 0.6 is 15.9 Å². The summed E-state index contributed by atoms with van der Waals surface area (Å²) in [5.41, 5.74) is 7.70. The number of aromatic amines is 1. The first-order chi connectivity index (χ1) is 10.6. The molecule has 9 heteroatoms. The summed E-state index contributed by atoms with van der Waals surface area (Å²) < 4.78 is 1.01. The van der Waals surface area contributed by atoms with Gasteiger partial charge in [0.05, 0.1) is 0 Å². The van der Waals surface area contributed by atoms with Gasteiger partial charge in [0, 0.05) is 22.7 Å². The molecule has 5 N–H and O–H groups in total. The highest BCUT2D eigenvalue weighted by molar-refractivity contribution is 9.10. The number of benzene rings is 1. The van der Waals surface area contributed by atoms with Gasteiger partial charge >= 0.3 is 0 Å². The largest absolute Gasteiger partial charge is 0.353 e. The van der Waals surface area contributed by atoms with Gasteiger partial charge in [0.2, 0.25) is 11.6 Å². The Morgan fingerprint density at radius 2 is 2.00 bits per heavy atom. The van der Waals surface area contributed by atoms with E-state index < -0.39 is 0 Å². The summed E-state index contributed by atoms with van der Waals surface area (Å²) in [7, 11) is 0. The van der Waals surface area contributed by atoms with Gasteiger partial charge in [0.25, 0.3) is 0 Å². The Kier molecular flexibility index (Phi) is 4.16. The number of nitrogens with two attached hydrogens (primary N) is 1. The summed E-state index contributed by atoms with van der Waals surface area (Å²) in [5, 5.41) is 17.0. The number of rotatable bonds is 5. The Balaban J connectivity index is 1.92. The van der Waals surface area contributed by atoms with Gasteiger partial charge in [0.1, 0.15) is 0 Å². The molecule has 3 rings (SSSR count). The Morgan fingerprint density at radius 1 is 1.23 bits per heavy atom. The molecule has 0 aliphatic heterocycles. The monoisotopic (exact) mass is 362 g/mol. The van der Waals surface area contributed by atoms with Crippen molar-refractivity contribution in [1.29, 1.82) is 0 Å². The molecule has 0 saturated carbocycles. The second-order valence-corrected chi connectivity index (χ2v) is 5.80. The van der Waals surface area contributed by atoms with Crippen molar-refractivity contribution in [3.8, 4) is 0 Å². The van der Waals surface area contributed by atoms with Crippen LogP contribution in [0, 0.1) is 0 Å². The van der Waals surface area contributed by atoms with Crippen molar-refractivity contribution in [2.45, 2.75) is 13.0 Å². The predicted octanol–water partition coefficient (Wildman–Crippen LogP) is 2.01.